The summed E-state index contributed by atoms with van der Waals surface area (Å²) in [6.45, 7) is -0.545. The molecule has 0 aliphatic rings. The van der Waals surface area contributed by atoms with Crippen molar-refractivity contribution < 1.29 is 24.5 Å². The van der Waals surface area contributed by atoms with Crippen LogP contribution >= 0.6 is 0 Å². The maximum Gasteiger partial charge on any atom is 0.342 e. The second kappa shape index (κ2) is 7.72. The molecule has 8 nitrogen and oxygen atoms in total. The number of phenols is 1. The van der Waals surface area contributed by atoms with Gasteiger partial charge in [0.15, 0.2) is 11.6 Å². The van der Waals surface area contributed by atoms with E-state index in [1.165, 1.54) is 25.3 Å². The maximum atomic E-state index is 12.2. The molecule has 0 aliphatic carbocycles. The summed E-state index contributed by atoms with van der Waals surface area (Å²) >= 11 is 0. The van der Waals surface area contributed by atoms with E-state index in [4.69, 9.17) is 9.47 Å². The van der Waals surface area contributed by atoms with Crippen LogP contribution in [-0.2, 0) is 11.8 Å². The van der Waals surface area contributed by atoms with E-state index in [-0.39, 0.29) is 22.7 Å². The zero-order valence-electron chi connectivity index (χ0n) is 15.2. The zero-order chi connectivity index (χ0) is 20.3. The van der Waals surface area contributed by atoms with Gasteiger partial charge < -0.3 is 24.3 Å². The van der Waals surface area contributed by atoms with Crippen LogP contribution in [0.1, 0.15) is 16.2 Å². The molecule has 8 heteroatoms. The van der Waals surface area contributed by atoms with Gasteiger partial charge in [0.05, 0.1) is 18.1 Å². The molecule has 0 atom stereocenters. The molecule has 0 saturated carbocycles. The molecule has 142 valence electrons. The quantitative estimate of drug-likeness (QED) is 0.397. The smallest absolute Gasteiger partial charge is 0.342 e. The molecule has 0 saturated heterocycles. The van der Waals surface area contributed by atoms with E-state index >= 15 is 0 Å². The van der Waals surface area contributed by atoms with Crippen LogP contribution in [0.2, 0.25) is 0 Å². The van der Waals surface area contributed by atoms with Crippen LogP contribution in [0.25, 0.3) is 16.6 Å². The highest BCUT2D eigenvalue weighted by atomic mass is 16.5. The number of para-hydroxylation sites is 2. The number of rotatable bonds is 5. The van der Waals surface area contributed by atoms with E-state index in [1.807, 2.05) is 24.3 Å². The first-order valence-corrected chi connectivity index (χ1v) is 8.24. The summed E-state index contributed by atoms with van der Waals surface area (Å²) in [6.07, 6.45) is 0. The Hall–Kier alpha value is -3.99. The van der Waals surface area contributed by atoms with Gasteiger partial charge >= 0.3 is 5.97 Å². The van der Waals surface area contributed by atoms with Crippen molar-refractivity contribution in [2.24, 2.45) is 7.05 Å². The largest absolute Gasteiger partial charge is 0.507 e. The number of imidazole rings is 1. The molecule has 0 unspecified atom stereocenters. The Labute approximate surface area is 160 Å². The minimum atomic E-state index is -0.853. The maximum absolute atomic E-state index is 12.2. The van der Waals surface area contributed by atoms with Crippen LogP contribution in [0.4, 0.5) is 0 Å². The van der Waals surface area contributed by atoms with E-state index in [0.717, 1.165) is 5.52 Å². The van der Waals surface area contributed by atoms with Gasteiger partial charge in [-0.2, -0.15) is 5.26 Å². The molecule has 1 heterocycles. The van der Waals surface area contributed by atoms with Crippen molar-refractivity contribution >= 4 is 22.6 Å². The Kier molecular flexibility index (Phi) is 5.18. The molecule has 1 aromatic heterocycles. The van der Waals surface area contributed by atoms with Crippen LogP contribution in [0, 0.1) is 11.3 Å². The number of methoxy groups -OCH3 is 1. The van der Waals surface area contributed by atoms with Crippen LogP contribution in [0.15, 0.2) is 48.2 Å². The Bertz CT molecular complexity index is 1120. The molecule has 0 amide bonds. The number of allylic oxidation sites excluding steroid dienone is 1. The number of carbonyl (C=O) groups excluding carboxylic acids is 1. The summed E-state index contributed by atoms with van der Waals surface area (Å²) in [5.74, 6) is -0.977. The van der Waals surface area contributed by atoms with Gasteiger partial charge in [0, 0.05) is 13.1 Å². The van der Waals surface area contributed by atoms with Crippen molar-refractivity contribution in [1.82, 2.24) is 9.55 Å². The van der Waals surface area contributed by atoms with Gasteiger partial charge in [-0.25, -0.2) is 9.78 Å². The molecule has 0 bridgehead atoms. The Morgan fingerprint density at radius 3 is 2.68 bits per heavy atom. The fourth-order valence-corrected chi connectivity index (χ4v) is 2.71. The lowest BCUT2D eigenvalue weighted by Gasteiger charge is -2.09. The van der Waals surface area contributed by atoms with E-state index in [9.17, 15) is 20.3 Å². The number of aliphatic hydroxyl groups excluding tert-OH is 1. The number of nitrogens with zero attached hydrogens (tertiary/aromatic N) is 3. The highest BCUT2D eigenvalue weighted by molar-refractivity contribution is 5.93. The fraction of sp³-hybridized carbons (Fsp3) is 0.150. The minimum absolute atomic E-state index is 0.0881. The van der Waals surface area contributed by atoms with Crippen molar-refractivity contribution in [1.29, 1.82) is 5.26 Å². The average Bonchev–Trinajstić information content (AvgIpc) is 3.03. The number of ether oxygens (including phenoxy) is 2. The van der Waals surface area contributed by atoms with Gasteiger partial charge in [0.25, 0.3) is 0 Å². The number of carbonyl (C=O) groups is 1. The molecule has 28 heavy (non-hydrogen) atoms. The van der Waals surface area contributed by atoms with Crippen molar-refractivity contribution in [3.05, 3.63) is 59.6 Å². The third-order valence-corrected chi connectivity index (χ3v) is 4.18. The molecule has 2 aromatic carbocycles. The van der Waals surface area contributed by atoms with E-state index < -0.39 is 18.3 Å². The van der Waals surface area contributed by atoms with E-state index in [2.05, 4.69) is 4.98 Å². The lowest BCUT2D eigenvalue weighted by atomic mass is 10.2. The summed E-state index contributed by atoms with van der Waals surface area (Å²) in [6, 6.07) is 13.3. The lowest BCUT2D eigenvalue weighted by Crippen LogP contribution is -2.10. The van der Waals surface area contributed by atoms with E-state index in [1.54, 1.807) is 17.7 Å². The normalized spacial score (nSPS) is 11.6. The Morgan fingerprint density at radius 2 is 2.04 bits per heavy atom. The van der Waals surface area contributed by atoms with Gasteiger partial charge in [-0.15, -0.1) is 0 Å². The topological polar surface area (TPSA) is 118 Å². The van der Waals surface area contributed by atoms with Gasteiger partial charge in [-0.3, -0.25) is 0 Å². The number of aryl methyl sites for hydroxylation is 1. The molecule has 0 radical (unpaired) electrons. The predicted molar refractivity (Wildman–Crippen MR) is 101 cm³/mol. The number of nitriles is 1. The van der Waals surface area contributed by atoms with Gasteiger partial charge in [-0.05, 0) is 24.3 Å². The summed E-state index contributed by atoms with van der Waals surface area (Å²) in [5, 5.41) is 29.7. The second-order valence-corrected chi connectivity index (χ2v) is 5.88. The summed E-state index contributed by atoms with van der Waals surface area (Å²) < 4.78 is 11.6. The second-order valence-electron chi connectivity index (χ2n) is 5.88. The van der Waals surface area contributed by atoms with Crippen LogP contribution in [0.3, 0.4) is 0 Å². The molecular weight excluding hydrogens is 362 g/mol. The monoisotopic (exact) mass is 379 g/mol. The van der Waals surface area contributed by atoms with Crippen LogP contribution < -0.4 is 4.74 Å². The summed E-state index contributed by atoms with van der Waals surface area (Å²) in [7, 11) is 3.15. The third kappa shape index (κ3) is 3.46. The number of benzene rings is 2. The molecule has 3 aromatic rings. The number of fused-ring (bicyclic) bond motifs is 1. The van der Waals surface area contributed by atoms with Crippen molar-refractivity contribution in [2.75, 3.05) is 13.7 Å². The molecule has 3 rings (SSSR count). The number of esters is 1. The number of hydrogen-bond donors (Lipinski definition) is 2. The van der Waals surface area contributed by atoms with Crippen LogP contribution in [-0.4, -0.2) is 39.5 Å². The number of phenolic OH excluding ortho intramolecular Hbond substituents is 1. The fourth-order valence-electron chi connectivity index (χ4n) is 2.71. The van der Waals surface area contributed by atoms with Gasteiger partial charge in [-0.1, -0.05) is 12.1 Å². The van der Waals surface area contributed by atoms with Crippen LogP contribution in [0.5, 0.6) is 11.5 Å². The number of aliphatic hydroxyl groups is 1. The highest BCUT2D eigenvalue weighted by Crippen LogP contribution is 2.25. The minimum Gasteiger partial charge on any atom is -0.507 e. The number of hydrogen-bond acceptors (Lipinski definition) is 7. The molecule has 2 N–H and O–H groups in total. The molecule has 0 fully saturated rings. The van der Waals surface area contributed by atoms with Crippen molar-refractivity contribution in [2.45, 2.75) is 0 Å². The Morgan fingerprint density at radius 1 is 1.29 bits per heavy atom. The Balaban J connectivity index is 1.84. The summed E-state index contributed by atoms with van der Waals surface area (Å²) in [4.78, 5) is 16.5. The molecule has 0 aliphatic heterocycles. The third-order valence-electron chi connectivity index (χ3n) is 4.18. The molecule has 0 spiro atoms. The van der Waals surface area contributed by atoms with Crippen molar-refractivity contribution in [3.63, 3.8) is 0 Å². The summed E-state index contributed by atoms with van der Waals surface area (Å²) in [5.41, 5.74) is 1.26. The number of aromatic nitrogens is 2. The predicted octanol–water partition coefficient (Wildman–Crippen LogP) is 2.94. The SMILES string of the molecule is COc1ccc(C(=O)OC/C(O)=C(\C#N)c2nc3ccccc3n2C)c(O)c1. The molecular formula is C20H17N3O5. The van der Waals surface area contributed by atoms with Crippen molar-refractivity contribution in [3.8, 4) is 17.6 Å². The van der Waals surface area contributed by atoms with E-state index in [0.29, 0.717) is 11.3 Å². The lowest BCUT2D eigenvalue weighted by molar-refractivity contribution is 0.0499. The first kappa shape index (κ1) is 18.8. The standard InChI is InChI=1S/C20H17N3O5/c1-23-16-6-4-3-5-15(16)22-19(23)14(10-21)18(25)11-28-20(26)13-8-7-12(27-2)9-17(13)24/h3-9,24-25H,11H2,1-2H3/b18-14-. The van der Waals surface area contributed by atoms with Gasteiger partial charge in [0.2, 0.25) is 0 Å². The first-order valence-electron chi connectivity index (χ1n) is 8.24. The van der Waals surface area contributed by atoms with Gasteiger partial charge in [0.1, 0.15) is 35.3 Å². The highest BCUT2D eigenvalue weighted by Gasteiger charge is 2.19. The zero-order valence-corrected chi connectivity index (χ0v) is 15.2. The average molecular weight is 379 g/mol. The number of aromatic hydroxyl groups is 1. The first-order chi connectivity index (χ1) is 13.5.